The minimum atomic E-state index is -4.16. The summed E-state index contributed by atoms with van der Waals surface area (Å²) in [6.45, 7) is 0.766. The van der Waals surface area contributed by atoms with Crippen molar-refractivity contribution in [1.29, 1.82) is 0 Å². The Hall–Kier alpha value is -0.700. The van der Waals surface area contributed by atoms with Gasteiger partial charge in [-0.2, -0.15) is 8.42 Å². The normalized spacial score (nSPS) is 11.7. The molecular formula is C7H15NO6S. The highest BCUT2D eigenvalue weighted by Gasteiger charge is 2.25. The zero-order chi connectivity index (χ0) is 11.9. The quantitative estimate of drug-likeness (QED) is 0.579. The smallest absolute Gasteiger partial charge is 0.385 e. The summed E-state index contributed by atoms with van der Waals surface area (Å²) < 4.78 is 32.3. The van der Waals surface area contributed by atoms with Gasteiger partial charge in [-0.1, -0.05) is 6.92 Å². The zero-order valence-corrected chi connectivity index (χ0v) is 9.49. The molecule has 0 aliphatic rings. The number of aliphatic hydroxyl groups excluding tert-OH is 1. The minimum Gasteiger partial charge on any atom is -0.385 e. The molecule has 0 radical (unpaired) electrons. The SMILES string of the molecule is CCCN(COC)S(=O)(=O)OC(=O)CO. The van der Waals surface area contributed by atoms with Crippen LogP contribution in [0.15, 0.2) is 0 Å². The maximum atomic E-state index is 11.4. The highest BCUT2D eigenvalue weighted by atomic mass is 32.2. The number of nitrogens with zero attached hydrogens (tertiary/aromatic N) is 1. The summed E-state index contributed by atoms with van der Waals surface area (Å²) in [6.07, 6.45) is 0.555. The van der Waals surface area contributed by atoms with Gasteiger partial charge in [-0.05, 0) is 6.42 Å². The van der Waals surface area contributed by atoms with Crippen LogP contribution in [0.5, 0.6) is 0 Å². The number of hydrogen-bond donors (Lipinski definition) is 1. The van der Waals surface area contributed by atoms with Gasteiger partial charge in [-0.15, -0.1) is 4.31 Å². The van der Waals surface area contributed by atoms with Crippen LogP contribution < -0.4 is 0 Å². The first-order valence-corrected chi connectivity index (χ1v) is 5.66. The number of hydrogen-bond acceptors (Lipinski definition) is 6. The molecule has 0 aliphatic carbocycles. The van der Waals surface area contributed by atoms with Gasteiger partial charge >= 0.3 is 16.3 Å². The van der Waals surface area contributed by atoms with E-state index in [4.69, 9.17) is 5.11 Å². The van der Waals surface area contributed by atoms with Crippen molar-refractivity contribution in [3.8, 4) is 0 Å². The van der Waals surface area contributed by atoms with Gasteiger partial charge < -0.3 is 14.0 Å². The van der Waals surface area contributed by atoms with Crippen molar-refractivity contribution in [3.05, 3.63) is 0 Å². The fraction of sp³-hybridized carbons (Fsp3) is 0.857. The standard InChI is InChI=1S/C7H15NO6S/c1-3-4-8(6-13-2)15(11,12)14-7(10)5-9/h9H,3-6H2,1-2H3. The zero-order valence-electron chi connectivity index (χ0n) is 8.67. The Morgan fingerprint density at radius 2 is 2.07 bits per heavy atom. The second-order valence-electron chi connectivity index (χ2n) is 2.66. The molecule has 7 nitrogen and oxygen atoms in total. The maximum absolute atomic E-state index is 11.4. The van der Waals surface area contributed by atoms with Gasteiger partial charge in [0, 0.05) is 13.7 Å². The first-order chi connectivity index (χ1) is 6.97. The van der Waals surface area contributed by atoms with Gasteiger partial charge in [-0.3, -0.25) is 0 Å². The van der Waals surface area contributed by atoms with Crippen LogP contribution in [0, 0.1) is 0 Å². The van der Waals surface area contributed by atoms with E-state index in [0.29, 0.717) is 6.42 Å². The molecule has 0 heterocycles. The molecule has 0 aromatic heterocycles. The molecule has 0 aliphatic heterocycles. The van der Waals surface area contributed by atoms with Crippen LogP contribution in [0.4, 0.5) is 0 Å². The van der Waals surface area contributed by atoms with Crippen molar-refractivity contribution >= 4 is 16.3 Å². The second-order valence-corrected chi connectivity index (χ2v) is 4.20. The molecule has 15 heavy (non-hydrogen) atoms. The third kappa shape index (κ3) is 5.07. The molecule has 0 rings (SSSR count). The topological polar surface area (TPSA) is 93.1 Å². The first-order valence-electron chi connectivity index (χ1n) is 4.30. The van der Waals surface area contributed by atoms with E-state index >= 15 is 0 Å². The molecule has 0 bridgehead atoms. The fourth-order valence-electron chi connectivity index (χ4n) is 0.831. The summed E-state index contributed by atoms with van der Waals surface area (Å²) >= 11 is 0. The third-order valence-corrected chi connectivity index (χ3v) is 2.71. The number of methoxy groups -OCH3 is 1. The Morgan fingerprint density at radius 3 is 2.47 bits per heavy atom. The lowest BCUT2D eigenvalue weighted by Crippen LogP contribution is -2.36. The lowest BCUT2D eigenvalue weighted by Gasteiger charge is -2.18. The molecule has 0 aromatic carbocycles. The van der Waals surface area contributed by atoms with E-state index in [2.05, 4.69) is 8.92 Å². The van der Waals surface area contributed by atoms with E-state index in [1.54, 1.807) is 6.92 Å². The molecule has 0 aromatic rings. The summed E-state index contributed by atoms with van der Waals surface area (Å²) in [5.74, 6) is -1.22. The average molecular weight is 241 g/mol. The van der Waals surface area contributed by atoms with Crippen LogP contribution in [0.3, 0.4) is 0 Å². The number of aliphatic hydroxyl groups is 1. The molecule has 90 valence electrons. The van der Waals surface area contributed by atoms with Gasteiger partial charge in [0.1, 0.15) is 13.3 Å². The molecule has 0 fully saturated rings. The predicted octanol–water partition coefficient (Wildman–Crippen LogP) is -0.917. The number of carbonyl (C=O) groups excluding carboxylic acids is 1. The van der Waals surface area contributed by atoms with E-state index in [9.17, 15) is 13.2 Å². The molecular weight excluding hydrogens is 226 g/mol. The predicted molar refractivity (Wildman–Crippen MR) is 51.0 cm³/mol. The average Bonchev–Trinajstić information content (AvgIpc) is 2.16. The number of carbonyl (C=O) groups is 1. The van der Waals surface area contributed by atoms with E-state index in [-0.39, 0.29) is 13.3 Å². The molecule has 0 amide bonds. The van der Waals surface area contributed by atoms with Crippen molar-refractivity contribution in [2.75, 3.05) is 27.0 Å². The van der Waals surface area contributed by atoms with Crippen LogP contribution >= 0.6 is 0 Å². The Kier molecular flexibility index (Phi) is 6.41. The monoisotopic (exact) mass is 241 g/mol. The summed E-state index contributed by atoms with van der Waals surface area (Å²) in [4.78, 5) is 10.6. The van der Waals surface area contributed by atoms with Crippen molar-refractivity contribution < 1.29 is 27.2 Å². The van der Waals surface area contributed by atoms with Crippen molar-refractivity contribution in [3.63, 3.8) is 0 Å². The summed E-state index contributed by atoms with van der Waals surface area (Å²) in [7, 11) is -2.83. The Bertz CT molecular complexity index is 282. The second kappa shape index (κ2) is 6.72. The summed E-state index contributed by atoms with van der Waals surface area (Å²) in [5.41, 5.74) is 0. The van der Waals surface area contributed by atoms with Crippen LogP contribution in [-0.4, -0.2) is 50.8 Å². The van der Waals surface area contributed by atoms with Gasteiger partial charge in [0.15, 0.2) is 0 Å². The van der Waals surface area contributed by atoms with Crippen molar-refractivity contribution in [2.45, 2.75) is 13.3 Å². The van der Waals surface area contributed by atoms with Gasteiger partial charge in [0.05, 0.1) is 0 Å². The molecule has 0 spiro atoms. The first kappa shape index (κ1) is 14.3. The summed E-state index contributed by atoms with van der Waals surface area (Å²) in [6, 6.07) is 0. The molecule has 0 saturated heterocycles. The minimum absolute atomic E-state index is 0.175. The lowest BCUT2D eigenvalue weighted by molar-refractivity contribution is -0.137. The van der Waals surface area contributed by atoms with Crippen LogP contribution in [0.25, 0.3) is 0 Å². The van der Waals surface area contributed by atoms with Gasteiger partial charge in [0.2, 0.25) is 0 Å². The van der Waals surface area contributed by atoms with Crippen molar-refractivity contribution in [2.24, 2.45) is 0 Å². The van der Waals surface area contributed by atoms with Crippen molar-refractivity contribution in [1.82, 2.24) is 4.31 Å². The van der Waals surface area contributed by atoms with E-state index < -0.39 is 22.9 Å². The largest absolute Gasteiger partial charge is 0.389 e. The molecule has 0 atom stereocenters. The molecule has 1 N–H and O–H groups in total. The third-order valence-electron chi connectivity index (χ3n) is 1.39. The Balaban J connectivity index is 4.56. The Labute approximate surface area is 88.8 Å². The highest BCUT2D eigenvalue weighted by molar-refractivity contribution is 7.84. The van der Waals surface area contributed by atoms with Crippen LogP contribution in [0.1, 0.15) is 13.3 Å². The van der Waals surface area contributed by atoms with Gasteiger partial charge in [0.25, 0.3) is 0 Å². The molecule has 0 saturated carbocycles. The highest BCUT2D eigenvalue weighted by Crippen LogP contribution is 2.04. The van der Waals surface area contributed by atoms with Crippen LogP contribution in [0.2, 0.25) is 0 Å². The van der Waals surface area contributed by atoms with Crippen LogP contribution in [-0.2, 0) is 24.0 Å². The number of rotatable bonds is 7. The number of ether oxygens (including phenoxy) is 1. The van der Waals surface area contributed by atoms with E-state index in [1.165, 1.54) is 7.11 Å². The fourth-order valence-corrected chi connectivity index (χ4v) is 1.86. The molecule has 0 unspecified atom stereocenters. The lowest BCUT2D eigenvalue weighted by atomic mass is 10.5. The Morgan fingerprint density at radius 1 is 1.47 bits per heavy atom. The summed E-state index contributed by atoms with van der Waals surface area (Å²) in [5, 5.41) is 8.35. The van der Waals surface area contributed by atoms with E-state index in [1.807, 2.05) is 0 Å². The molecule has 8 heteroatoms. The maximum Gasteiger partial charge on any atom is 0.389 e. The van der Waals surface area contributed by atoms with Gasteiger partial charge in [-0.25, -0.2) is 4.79 Å². The van der Waals surface area contributed by atoms with E-state index in [0.717, 1.165) is 4.31 Å².